The molecular weight excluding hydrogens is 245 g/mol. The molecule has 0 aliphatic carbocycles. The normalized spacial score (nSPS) is 14.0. The summed E-state index contributed by atoms with van der Waals surface area (Å²) in [7, 11) is -2.58. The number of aliphatic hydroxyl groups is 1. The van der Waals surface area contributed by atoms with E-state index in [9.17, 15) is 12.8 Å². The summed E-state index contributed by atoms with van der Waals surface area (Å²) in [6.07, 6.45) is -0.803. The van der Waals surface area contributed by atoms with Gasteiger partial charge in [0.25, 0.3) is 0 Å². The molecule has 6 heteroatoms. The van der Waals surface area contributed by atoms with Gasteiger partial charge in [-0.1, -0.05) is 6.07 Å². The number of hydrogen-bond donors (Lipinski definition) is 1. The van der Waals surface area contributed by atoms with E-state index in [0.29, 0.717) is 5.56 Å². The average molecular weight is 261 g/mol. The molecule has 0 aliphatic rings. The van der Waals surface area contributed by atoms with Crippen LogP contribution in [0.3, 0.4) is 0 Å². The van der Waals surface area contributed by atoms with Crippen LogP contribution in [0.15, 0.2) is 23.1 Å². The van der Waals surface area contributed by atoms with Crippen LogP contribution in [0.2, 0.25) is 0 Å². The average Bonchev–Trinajstić information content (AvgIpc) is 2.15. The molecule has 0 aliphatic heterocycles. The molecule has 0 saturated carbocycles. The molecule has 0 radical (unpaired) electrons. The van der Waals surface area contributed by atoms with Crippen molar-refractivity contribution < 1.29 is 17.9 Å². The van der Waals surface area contributed by atoms with Crippen LogP contribution in [0.1, 0.15) is 12.5 Å². The number of benzene rings is 1. The Morgan fingerprint density at radius 1 is 1.47 bits per heavy atom. The van der Waals surface area contributed by atoms with Gasteiger partial charge in [0.15, 0.2) is 0 Å². The molecular formula is C11H16FNO3S. The quantitative estimate of drug-likeness (QED) is 0.884. The van der Waals surface area contributed by atoms with Gasteiger partial charge in [-0.05, 0) is 31.5 Å². The Morgan fingerprint density at radius 3 is 2.53 bits per heavy atom. The van der Waals surface area contributed by atoms with Crippen LogP contribution < -0.4 is 0 Å². The van der Waals surface area contributed by atoms with Crippen molar-refractivity contribution in [2.75, 3.05) is 13.6 Å². The van der Waals surface area contributed by atoms with E-state index in [1.165, 1.54) is 32.2 Å². The highest BCUT2D eigenvalue weighted by Gasteiger charge is 2.25. The van der Waals surface area contributed by atoms with Gasteiger partial charge in [0.2, 0.25) is 10.0 Å². The summed E-state index contributed by atoms with van der Waals surface area (Å²) < 4.78 is 38.5. The molecule has 0 heterocycles. The minimum Gasteiger partial charge on any atom is -0.392 e. The SMILES string of the molecule is Cc1ccc(S(=O)(=O)N(C)CC(C)O)c(F)c1. The Balaban J connectivity index is 3.13. The Kier molecular flexibility index (Phi) is 4.24. The molecule has 1 aromatic rings. The smallest absolute Gasteiger partial charge is 0.245 e. The van der Waals surface area contributed by atoms with Crippen LogP contribution in [-0.2, 0) is 10.0 Å². The zero-order chi connectivity index (χ0) is 13.2. The lowest BCUT2D eigenvalue weighted by Crippen LogP contribution is -2.33. The Morgan fingerprint density at radius 2 is 2.06 bits per heavy atom. The number of hydrogen-bond acceptors (Lipinski definition) is 3. The van der Waals surface area contributed by atoms with E-state index in [1.807, 2.05) is 0 Å². The highest BCUT2D eigenvalue weighted by molar-refractivity contribution is 7.89. The molecule has 1 aromatic carbocycles. The van der Waals surface area contributed by atoms with Gasteiger partial charge in [0.1, 0.15) is 10.7 Å². The van der Waals surface area contributed by atoms with Crippen molar-refractivity contribution in [1.82, 2.24) is 4.31 Å². The number of rotatable bonds is 4. The van der Waals surface area contributed by atoms with E-state index in [1.54, 1.807) is 6.92 Å². The van der Waals surface area contributed by atoms with Crippen LogP contribution in [0.4, 0.5) is 4.39 Å². The molecule has 1 N–H and O–H groups in total. The lowest BCUT2D eigenvalue weighted by Gasteiger charge is -2.19. The van der Waals surface area contributed by atoms with Crippen LogP contribution in [0.5, 0.6) is 0 Å². The summed E-state index contributed by atoms with van der Waals surface area (Å²) >= 11 is 0. The van der Waals surface area contributed by atoms with Gasteiger partial charge in [-0.2, -0.15) is 4.31 Å². The lowest BCUT2D eigenvalue weighted by atomic mass is 10.2. The maximum absolute atomic E-state index is 13.6. The molecule has 4 nitrogen and oxygen atoms in total. The third-order valence-corrected chi connectivity index (χ3v) is 4.15. The maximum Gasteiger partial charge on any atom is 0.245 e. The molecule has 0 spiro atoms. The molecule has 17 heavy (non-hydrogen) atoms. The zero-order valence-electron chi connectivity index (χ0n) is 10.0. The van der Waals surface area contributed by atoms with Gasteiger partial charge >= 0.3 is 0 Å². The molecule has 1 unspecified atom stereocenters. The first-order valence-corrected chi connectivity index (χ1v) is 6.59. The minimum atomic E-state index is -3.88. The number of nitrogens with zero attached hydrogens (tertiary/aromatic N) is 1. The number of aliphatic hydroxyl groups excluding tert-OH is 1. The minimum absolute atomic E-state index is 0.0738. The predicted molar refractivity (Wildman–Crippen MR) is 62.6 cm³/mol. The van der Waals surface area contributed by atoms with E-state index < -0.39 is 21.9 Å². The van der Waals surface area contributed by atoms with Crippen LogP contribution in [0.25, 0.3) is 0 Å². The molecule has 0 saturated heterocycles. The summed E-state index contributed by atoms with van der Waals surface area (Å²) in [6.45, 7) is 3.08. The highest BCUT2D eigenvalue weighted by atomic mass is 32.2. The molecule has 1 atom stereocenters. The summed E-state index contributed by atoms with van der Waals surface area (Å²) in [6, 6.07) is 3.94. The van der Waals surface area contributed by atoms with E-state index in [0.717, 1.165) is 4.31 Å². The van der Waals surface area contributed by atoms with Crippen LogP contribution in [0, 0.1) is 12.7 Å². The fourth-order valence-corrected chi connectivity index (χ4v) is 2.75. The molecule has 96 valence electrons. The van der Waals surface area contributed by atoms with E-state index in [-0.39, 0.29) is 11.4 Å². The predicted octanol–water partition coefficient (Wildman–Crippen LogP) is 1.14. The molecule has 0 aromatic heterocycles. The molecule has 0 fully saturated rings. The van der Waals surface area contributed by atoms with Gasteiger partial charge in [0.05, 0.1) is 6.10 Å². The van der Waals surface area contributed by atoms with Crippen LogP contribution in [-0.4, -0.2) is 37.5 Å². The molecule has 0 amide bonds. The topological polar surface area (TPSA) is 57.6 Å². The third kappa shape index (κ3) is 3.24. The van der Waals surface area contributed by atoms with Crippen LogP contribution >= 0.6 is 0 Å². The highest BCUT2D eigenvalue weighted by Crippen LogP contribution is 2.19. The first kappa shape index (κ1) is 14.1. The van der Waals surface area contributed by atoms with E-state index >= 15 is 0 Å². The van der Waals surface area contributed by atoms with Gasteiger partial charge in [-0.3, -0.25) is 0 Å². The second kappa shape index (κ2) is 5.12. The van der Waals surface area contributed by atoms with Crippen molar-refractivity contribution >= 4 is 10.0 Å². The van der Waals surface area contributed by atoms with Gasteiger partial charge in [-0.15, -0.1) is 0 Å². The maximum atomic E-state index is 13.6. The Labute approximate surface area is 101 Å². The summed E-state index contributed by atoms with van der Waals surface area (Å²) in [4.78, 5) is -0.369. The van der Waals surface area contributed by atoms with Crippen molar-refractivity contribution in [3.8, 4) is 0 Å². The first-order chi connectivity index (χ1) is 7.75. The van der Waals surface area contributed by atoms with Gasteiger partial charge < -0.3 is 5.11 Å². The van der Waals surface area contributed by atoms with Crippen molar-refractivity contribution in [2.45, 2.75) is 24.8 Å². The van der Waals surface area contributed by atoms with Crippen molar-refractivity contribution in [3.63, 3.8) is 0 Å². The van der Waals surface area contributed by atoms with Gasteiger partial charge in [-0.25, -0.2) is 12.8 Å². The fraction of sp³-hybridized carbons (Fsp3) is 0.455. The number of sulfonamides is 1. The number of likely N-dealkylation sites (N-methyl/N-ethyl adjacent to an activating group) is 1. The fourth-order valence-electron chi connectivity index (χ4n) is 1.45. The van der Waals surface area contributed by atoms with Crippen molar-refractivity contribution in [2.24, 2.45) is 0 Å². The second-order valence-corrected chi connectivity index (χ2v) is 6.08. The molecule has 0 bridgehead atoms. The Bertz CT molecular complexity index is 499. The summed E-state index contributed by atoms with van der Waals surface area (Å²) in [5, 5.41) is 9.15. The number of aryl methyl sites for hydroxylation is 1. The number of halogens is 1. The standard InChI is InChI=1S/C11H16FNO3S/c1-8-4-5-11(10(12)6-8)17(15,16)13(3)7-9(2)14/h4-6,9,14H,7H2,1-3H3. The largest absolute Gasteiger partial charge is 0.392 e. The van der Waals surface area contributed by atoms with Crippen molar-refractivity contribution in [1.29, 1.82) is 0 Å². The van der Waals surface area contributed by atoms with Crippen molar-refractivity contribution in [3.05, 3.63) is 29.6 Å². The second-order valence-electron chi connectivity index (χ2n) is 4.07. The molecule has 1 rings (SSSR count). The summed E-state index contributed by atoms with van der Waals surface area (Å²) in [5.41, 5.74) is 0.652. The Hall–Kier alpha value is -0.980. The monoisotopic (exact) mass is 261 g/mol. The van der Waals surface area contributed by atoms with E-state index in [4.69, 9.17) is 5.11 Å². The van der Waals surface area contributed by atoms with E-state index in [2.05, 4.69) is 0 Å². The first-order valence-electron chi connectivity index (χ1n) is 5.15. The third-order valence-electron chi connectivity index (χ3n) is 2.30. The summed E-state index contributed by atoms with van der Waals surface area (Å²) in [5.74, 6) is -0.776. The lowest BCUT2D eigenvalue weighted by molar-refractivity contribution is 0.171. The zero-order valence-corrected chi connectivity index (χ0v) is 10.8. The van der Waals surface area contributed by atoms with Gasteiger partial charge in [0, 0.05) is 13.6 Å².